The van der Waals surface area contributed by atoms with Crippen molar-refractivity contribution in [3.05, 3.63) is 70.3 Å². The minimum Gasteiger partial charge on any atom is -0.306 e. The van der Waals surface area contributed by atoms with Gasteiger partial charge in [0.25, 0.3) is 0 Å². The summed E-state index contributed by atoms with van der Waals surface area (Å²) in [6.07, 6.45) is 0. The zero-order chi connectivity index (χ0) is 18.5. The van der Waals surface area contributed by atoms with Crippen molar-refractivity contribution < 1.29 is 4.39 Å². The van der Waals surface area contributed by atoms with Gasteiger partial charge in [-0.15, -0.1) is 22.0 Å². The van der Waals surface area contributed by atoms with Crippen molar-refractivity contribution in [3.8, 4) is 0 Å². The van der Waals surface area contributed by atoms with Crippen LogP contribution in [0, 0.1) is 12.7 Å². The van der Waals surface area contributed by atoms with Gasteiger partial charge < -0.3 is 4.57 Å². The fourth-order valence-corrected chi connectivity index (χ4v) is 4.64. The quantitative estimate of drug-likeness (QED) is 0.450. The highest BCUT2D eigenvalue weighted by molar-refractivity contribution is 7.98. The Balaban J connectivity index is 1.68. The predicted molar refractivity (Wildman–Crippen MR) is 107 cm³/mol. The lowest BCUT2D eigenvalue weighted by Crippen LogP contribution is -2.02. The van der Waals surface area contributed by atoms with Crippen LogP contribution in [0.2, 0.25) is 5.02 Å². The molecule has 0 aliphatic heterocycles. The number of rotatable bonds is 7. The molecule has 0 radical (unpaired) electrons. The van der Waals surface area contributed by atoms with Crippen molar-refractivity contribution in [2.75, 3.05) is 0 Å². The van der Waals surface area contributed by atoms with Gasteiger partial charge >= 0.3 is 0 Å². The third kappa shape index (κ3) is 4.61. The molecule has 0 atom stereocenters. The smallest absolute Gasteiger partial charge is 0.191 e. The van der Waals surface area contributed by atoms with Crippen LogP contribution in [0.4, 0.5) is 4.39 Å². The van der Waals surface area contributed by atoms with Crippen LogP contribution < -0.4 is 0 Å². The number of hydrogen-bond donors (Lipinski definition) is 0. The summed E-state index contributed by atoms with van der Waals surface area (Å²) in [4.78, 5) is 1.20. The molecule has 2 aromatic carbocycles. The Morgan fingerprint density at radius 2 is 1.81 bits per heavy atom. The molecular weight excluding hydrogens is 389 g/mol. The third-order valence-electron chi connectivity index (χ3n) is 3.91. The van der Waals surface area contributed by atoms with E-state index in [-0.39, 0.29) is 5.82 Å². The van der Waals surface area contributed by atoms with E-state index in [4.69, 9.17) is 11.6 Å². The molecule has 3 nitrogen and oxygen atoms in total. The zero-order valence-electron chi connectivity index (χ0n) is 14.6. The van der Waals surface area contributed by atoms with E-state index < -0.39 is 0 Å². The number of halogens is 2. The molecule has 3 rings (SSSR count). The van der Waals surface area contributed by atoms with Gasteiger partial charge in [0.15, 0.2) is 5.16 Å². The Morgan fingerprint density at radius 3 is 2.50 bits per heavy atom. The molecule has 0 aliphatic carbocycles. The summed E-state index contributed by atoms with van der Waals surface area (Å²) in [5, 5.41) is 9.83. The summed E-state index contributed by atoms with van der Waals surface area (Å²) in [5.74, 6) is 1.79. The minimum atomic E-state index is -0.289. The number of benzene rings is 2. The lowest BCUT2D eigenvalue weighted by Gasteiger charge is -2.08. The van der Waals surface area contributed by atoms with Crippen LogP contribution in [0.3, 0.4) is 0 Å². The van der Waals surface area contributed by atoms with Crippen molar-refractivity contribution >= 4 is 35.1 Å². The van der Waals surface area contributed by atoms with Gasteiger partial charge in [-0.2, -0.15) is 0 Å². The first-order valence-corrected chi connectivity index (χ1v) is 10.6. The molecule has 0 saturated carbocycles. The summed E-state index contributed by atoms with van der Waals surface area (Å²) >= 11 is 9.29. The SMILES string of the molecule is CCn1c(CSc2ccc(C)cc2)nnc1SCc1c(F)cccc1Cl. The van der Waals surface area contributed by atoms with Crippen molar-refractivity contribution in [2.24, 2.45) is 0 Å². The van der Waals surface area contributed by atoms with Crippen LogP contribution in [-0.4, -0.2) is 14.8 Å². The molecule has 3 aromatic rings. The first-order chi connectivity index (χ1) is 12.6. The first kappa shape index (κ1) is 19.3. The highest BCUT2D eigenvalue weighted by Crippen LogP contribution is 2.29. The fraction of sp³-hybridized carbons (Fsp3) is 0.263. The Hall–Kier alpha value is -1.50. The summed E-state index contributed by atoms with van der Waals surface area (Å²) in [6, 6.07) is 13.2. The van der Waals surface area contributed by atoms with E-state index in [1.807, 2.05) is 0 Å². The van der Waals surface area contributed by atoms with Crippen LogP contribution in [0.15, 0.2) is 52.5 Å². The average molecular weight is 408 g/mol. The number of aromatic nitrogens is 3. The van der Waals surface area contributed by atoms with Crippen molar-refractivity contribution in [1.82, 2.24) is 14.8 Å². The molecule has 0 saturated heterocycles. The second-order valence-corrected chi connectivity index (χ2v) is 8.13. The number of hydrogen-bond acceptors (Lipinski definition) is 4. The molecule has 0 amide bonds. The second kappa shape index (κ2) is 8.93. The van der Waals surface area contributed by atoms with E-state index >= 15 is 0 Å². The first-order valence-electron chi connectivity index (χ1n) is 8.25. The molecule has 0 spiro atoms. The van der Waals surface area contributed by atoms with Gasteiger partial charge in [-0.3, -0.25) is 0 Å². The Morgan fingerprint density at radius 1 is 1.04 bits per heavy atom. The van der Waals surface area contributed by atoms with E-state index in [0.717, 1.165) is 23.3 Å². The zero-order valence-corrected chi connectivity index (χ0v) is 17.0. The van der Waals surface area contributed by atoms with E-state index in [1.165, 1.54) is 28.3 Å². The summed E-state index contributed by atoms with van der Waals surface area (Å²) in [7, 11) is 0. The standard InChI is InChI=1S/C19H19ClFN3S2/c1-3-24-18(12-25-14-9-7-13(2)8-10-14)22-23-19(24)26-11-15-16(20)5-4-6-17(15)21/h4-10H,3,11-12H2,1-2H3. The molecule has 0 fully saturated rings. The van der Waals surface area contributed by atoms with Crippen LogP contribution in [0.1, 0.15) is 23.9 Å². The normalized spacial score (nSPS) is 11.1. The minimum absolute atomic E-state index is 0.289. The summed E-state index contributed by atoms with van der Waals surface area (Å²) in [5.41, 5.74) is 1.75. The summed E-state index contributed by atoms with van der Waals surface area (Å²) < 4.78 is 16.0. The van der Waals surface area contributed by atoms with Gasteiger partial charge in [-0.05, 0) is 38.1 Å². The van der Waals surface area contributed by atoms with Crippen LogP contribution in [0.25, 0.3) is 0 Å². The maximum atomic E-state index is 13.9. The number of aryl methyl sites for hydroxylation is 1. The monoisotopic (exact) mass is 407 g/mol. The molecule has 0 bridgehead atoms. The van der Waals surface area contributed by atoms with Crippen LogP contribution >= 0.6 is 35.1 Å². The highest BCUT2D eigenvalue weighted by Gasteiger charge is 2.14. The molecular formula is C19H19ClFN3S2. The summed E-state index contributed by atoms with van der Waals surface area (Å²) in [6.45, 7) is 4.90. The highest BCUT2D eigenvalue weighted by atomic mass is 35.5. The molecule has 7 heteroatoms. The number of thioether (sulfide) groups is 2. The molecule has 0 aliphatic rings. The molecule has 0 unspecified atom stereocenters. The lowest BCUT2D eigenvalue weighted by atomic mass is 10.2. The predicted octanol–water partition coefficient (Wildman–Crippen LogP) is 5.98. The van der Waals surface area contributed by atoms with E-state index in [1.54, 1.807) is 23.9 Å². The molecule has 0 N–H and O–H groups in total. The van der Waals surface area contributed by atoms with E-state index in [0.29, 0.717) is 16.3 Å². The van der Waals surface area contributed by atoms with Crippen molar-refractivity contribution in [3.63, 3.8) is 0 Å². The Bertz CT molecular complexity index is 861. The fourth-order valence-electron chi connectivity index (χ4n) is 2.44. The van der Waals surface area contributed by atoms with Gasteiger partial charge in [0.05, 0.1) is 5.75 Å². The topological polar surface area (TPSA) is 30.7 Å². The maximum absolute atomic E-state index is 13.9. The molecule has 1 heterocycles. The van der Waals surface area contributed by atoms with Gasteiger partial charge in [0.1, 0.15) is 11.6 Å². The van der Waals surface area contributed by atoms with E-state index in [9.17, 15) is 4.39 Å². The van der Waals surface area contributed by atoms with Crippen molar-refractivity contribution in [1.29, 1.82) is 0 Å². The maximum Gasteiger partial charge on any atom is 0.191 e. The largest absolute Gasteiger partial charge is 0.306 e. The average Bonchev–Trinajstić information content (AvgIpc) is 3.03. The van der Waals surface area contributed by atoms with E-state index in [2.05, 4.69) is 52.9 Å². The van der Waals surface area contributed by atoms with Gasteiger partial charge in [0, 0.05) is 27.8 Å². The third-order valence-corrected chi connectivity index (χ3v) is 6.26. The number of nitrogens with zero attached hydrogens (tertiary/aromatic N) is 3. The van der Waals surface area contributed by atoms with Crippen LogP contribution in [-0.2, 0) is 18.1 Å². The van der Waals surface area contributed by atoms with Gasteiger partial charge in [-0.1, -0.05) is 47.1 Å². The van der Waals surface area contributed by atoms with Crippen molar-refractivity contribution in [2.45, 2.75) is 41.9 Å². The molecule has 26 heavy (non-hydrogen) atoms. The van der Waals surface area contributed by atoms with Gasteiger partial charge in [-0.25, -0.2) is 4.39 Å². The lowest BCUT2D eigenvalue weighted by molar-refractivity contribution is 0.617. The molecule has 136 valence electrons. The second-order valence-electron chi connectivity index (χ2n) is 5.73. The van der Waals surface area contributed by atoms with Crippen LogP contribution in [0.5, 0.6) is 0 Å². The molecule has 1 aromatic heterocycles. The Kier molecular flexibility index (Phi) is 6.62. The Labute approximate surface area is 166 Å². The van der Waals surface area contributed by atoms with Gasteiger partial charge in [0.2, 0.25) is 0 Å².